The minimum atomic E-state index is -0.542. The van der Waals surface area contributed by atoms with Crippen LogP contribution in [0.15, 0.2) is 48.5 Å². The van der Waals surface area contributed by atoms with E-state index < -0.39 is 6.10 Å². The van der Waals surface area contributed by atoms with Gasteiger partial charge in [0.2, 0.25) is 0 Å². The lowest BCUT2D eigenvalue weighted by Crippen LogP contribution is -2.38. The minimum Gasteiger partial charge on any atom is -0.481 e. The van der Waals surface area contributed by atoms with E-state index in [1.807, 2.05) is 31.2 Å². The minimum absolute atomic E-state index is 0.0644. The van der Waals surface area contributed by atoms with Crippen LogP contribution in [0.25, 0.3) is 0 Å². The number of amides is 1. The molecule has 4 nitrogen and oxygen atoms in total. The van der Waals surface area contributed by atoms with Crippen LogP contribution in [0, 0.1) is 5.92 Å². The Morgan fingerprint density at radius 2 is 1.76 bits per heavy atom. The van der Waals surface area contributed by atoms with E-state index in [9.17, 15) is 4.79 Å². The quantitative estimate of drug-likeness (QED) is 0.708. The van der Waals surface area contributed by atoms with Crippen LogP contribution in [-0.2, 0) is 11.2 Å². The maximum atomic E-state index is 12.6. The first-order valence-corrected chi connectivity index (χ1v) is 10.9. The topological polar surface area (TPSA) is 41.6 Å². The molecule has 0 aromatic heterocycles. The van der Waals surface area contributed by atoms with E-state index in [-0.39, 0.29) is 11.9 Å². The third-order valence-corrected chi connectivity index (χ3v) is 5.93. The molecule has 1 N–H and O–H groups in total. The molecule has 29 heavy (non-hydrogen) atoms. The summed E-state index contributed by atoms with van der Waals surface area (Å²) in [6.07, 6.45) is 2.85. The number of anilines is 1. The standard InChI is InChI=1S/C25H34N2O2/c1-5-21-8-6-7-9-24(21)29-20(4)25(28)26-19(3)22-10-12-23(13-11-22)27-16-14-18(2)15-17-27/h6-13,18-20H,5,14-17H2,1-4H3,(H,26,28). The predicted octanol–water partition coefficient (Wildman–Crippen LogP) is 5.13. The molecule has 0 saturated carbocycles. The highest BCUT2D eigenvalue weighted by Crippen LogP contribution is 2.25. The first-order valence-electron chi connectivity index (χ1n) is 10.9. The monoisotopic (exact) mass is 394 g/mol. The Hall–Kier alpha value is -2.49. The van der Waals surface area contributed by atoms with Crippen LogP contribution in [-0.4, -0.2) is 25.1 Å². The molecule has 0 radical (unpaired) electrons. The SMILES string of the molecule is CCc1ccccc1OC(C)C(=O)NC(C)c1ccc(N2CCC(C)CC2)cc1. The molecule has 1 aliphatic heterocycles. The Labute approximate surface area is 175 Å². The lowest BCUT2D eigenvalue weighted by atomic mass is 9.98. The van der Waals surface area contributed by atoms with Crippen molar-refractivity contribution in [3.05, 3.63) is 59.7 Å². The first kappa shape index (κ1) is 21.2. The van der Waals surface area contributed by atoms with Crippen molar-refractivity contribution in [2.45, 2.75) is 59.1 Å². The van der Waals surface area contributed by atoms with Gasteiger partial charge in [0.05, 0.1) is 6.04 Å². The van der Waals surface area contributed by atoms with Gasteiger partial charge in [0, 0.05) is 18.8 Å². The molecule has 2 atom stereocenters. The summed E-state index contributed by atoms with van der Waals surface area (Å²) in [4.78, 5) is 15.1. The van der Waals surface area contributed by atoms with Gasteiger partial charge < -0.3 is 15.0 Å². The van der Waals surface area contributed by atoms with Gasteiger partial charge in [-0.05, 0) is 68.4 Å². The third kappa shape index (κ3) is 5.53. The second kappa shape index (κ2) is 9.82. The number of carbonyl (C=O) groups excluding carboxylic acids is 1. The molecule has 2 aromatic carbocycles. The number of hydrogen-bond donors (Lipinski definition) is 1. The molecule has 0 spiro atoms. The Bertz CT molecular complexity index is 795. The summed E-state index contributed by atoms with van der Waals surface area (Å²) >= 11 is 0. The van der Waals surface area contributed by atoms with Crippen LogP contribution < -0.4 is 15.0 Å². The highest BCUT2D eigenvalue weighted by atomic mass is 16.5. The van der Waals surface area contributed by atoms with Gasteiger partial charge in [0.25, 0.3) is 5.91 Å². The summed E-state index contributed by atoms with van der Waals surface area (Å²) in [6.45, 7) is 10.5. The van der Waals surface area contributed by atoms with Crippen molar-refractivity contribution >= 4 is 11.6 Å². The Balaban J connectivity index is 1.56. The molecule has 0 bridgehead atoms. The zero-order chi connectivity index (χ0) is 20.8. The zero-order valence-corrected chi connectivity index (χ0v) is 18.2. The number of rotatable bonds is 7. The third-order valence-electron chi connectivity index (χ3n) is 5.93. The molecule has 0 aliphatic carbocycles. The second-order valence-corrected chi connectivity index (χ2v) is 8.21. The summed E-state index contributed by atoms with van der Waals surface area (Å²) in [5.74, 6) is 1.51. The normalized spacial score (nSPS) is 16.9. The fourth-order valence-corrected chi connectivity index (χ4v) is 3.81. The molecule has 2 aromatic rings. The van der Waals surface area contributed by atoms with Gasteiger partial charge in [-0.1, -0.05) is 44.2 Å². The van der Waals surface area contributed by atoms with Crippen LogP contribution in [0.1, 0.15) is 57.7 Å². The number of para-hydroxylation sites is 1. The van der Waals surface area contributed by atoms with Crippen molar-refractivity contribution in [2.75, 3.05) is 18.0 Å². The molecule has 1 heterocycles. The Morgan fingerprint density at radius 3 is 2.41 bits per heavy atom. The molecule has 3 rings (SSSR count). The van der Waals surface area contributed by atoms with Gasteiger partial charge in [-0.2, -0.15) is 0 Å². The van der Waals surface area contributed by atoms with Gasteiger partial charge in [0.15, 0.2) is 6.10 Å². The van der Waals surface area contributed by atoms with Gasteiger partial charge >= 0.3 is 0 Å². The van der Waals surface area contributed by atoms with E-state index in [4.69, 9.17) is 4.74 Å². The highest BCUT2D eigenvalue weighted by Gasteiger charge is 2.20. The fraction of sp³-hybridized carbons (Fsp3) is 0.480. The smallest absolute Gasteiger partial charge is 0.261 e. The molecule has 156 valence electrons. The molecule has 2 unspecified atom stereocenters. The van der Waals surface area contributed by atoms with Crippen molar-refractivity contribution in [1.29, 1.82) is 0 Å². The van der Waals surface area contributed by atoms with Gasteiger partial charge in [-0.3, -0.25) is 4.79 Å². The average Bonchev–Trinajstić information content (AvgIpc) is 2.74. The van der Waals surface area contributed by atoms with Crippen LogP contribution in [0.5, 0.6) is 5.75 Å². The van der Waals surface area contributed by atoms with Crippen molar-refractivity contribution in [3.8, 4) is 5.75 Å². The van der Waals surface area contributed by atoms with Crippen LogP contribution in [0.4, 0.5) is 5.69 Å². The molecule has 4 heteroatoms. The van der Waals surface area contributed by atoms with Crippen molar-refractivity contribution in [3.63, 3.8) is 0 Å². The summed E-state index contributed by atoms with van der Waals surface area (Å²) in [6, 6.07) is 16.4. The van der Waals surface area contributed by atoms with Crippen LogP contribution in [0.2, 0.25) is 0 Å². The number of nitrogens with one attached hydrogen (secondary N) is 1. The lowest BCUT2D eigenvalue weighted by molar-refractivity contribution is -0.127. The summed E-state index contributed by atoms with van der Waals surface area (Å²) in [7, 11) is 0. The van der Waals surface area contributed by atoms with E-state index in [0.29, 0.717) is 0 Å². The number of hydrogen-bond acceptors (Lipinski definition) is 3. The first-order chi connectivity index (χ1) is 14.0. The Kier molecular flexibility index (Phi) is 7.18. The molecule has 1 amide bonds. The Morgan fingerprint density at radius 1 is 1.10 bits per heavy atom. The van der Waals surface area contributed by atoms with Crippen molar-refractivity contribution in [1.82, 2.24) is 5.32 Å². The predicted molar refractivity (Wildman–Crippen MR) is 120 cm³/mol. The number of piperidine rings is 1. The number of carbonyl (C=O) groups is 1. The number of nitrogens with zero attached hydrogens (tertiary/aromatic N) is 1. The lowest BCUT2D eigenvalue weighted by Gasteiger charge is -2.32. The summed E-state index contributed by atoms with van der Waals surface area (Å²) in [5.41, 5.74) is 3.49. The summed E-state index contributed by atoms with van der Waals surface area (Å²) < 4.78 is 5.92. The van der Waals surface area contributed by atoms with E-state index in [1.54, 1.807) is 6.92 Å². The largest absolute Gasteiger partial charge is 0.481 e. The van der Waals surface area contributed by atoms with E-state index in [1.165, 1.54) is 18.5 Å². The van der Waals surface area contributed by atoms with Crippen molar-refractivity contribution < 1.29 is 9.53 Å². The van der Waals surface area contributed by atoms with E-state index >= 15 is 0 Å². The highest BCUT2D eigenvalue weighted by molar-refractivity contribution is 5.81. The molecule has 1 aliphatic rings. The fourth-order valence-electron chi connectivity index (χ4n) is 3.81. The number of benzene rings is 2. The molecule has 1 saturated heterocycles. The maximum Gasteiger partial charge on any atom is 0.261 e. The summed E-state index contributed by atoms with van der Waals surface area (Å²) in [5, 5.41) is 3.08. The van der Waals surface area contributed by atoms with Gasteiger partial charge in [-0.15, -0.1) is 0 Å². The molecular formula is C25H34N2O2. The molecule has 1 fully saturated rings. The van der Waals surface area contributed by atoms with Crippen molar-refractivity contribution in [2.24, 2.45) is 5.92 Å². The van der Waals surface area contributed by atoms with E-state index in [0.717, 1.165) is 42.3 Å². The molecular weight excluding hydrogens is 360 g/mol. The van der Waals surface area contributed by atoms with Gasteiger partial charge in [0.1, 0.15) is 5.75 Å². The van der Waals surface area contributed by atoms with E-state index in [2.05, 4.69) is 48.3 Å². The average molecular weight is 395 g/mol. The number of aryl methyl sites for hydroxylation is 1. The second-order valence-electron chi connectivity index (χ2n) is 8.21. The zero-order valence-electron chi connectivity index (χ0n) is 18.2. The van der Waals surface area contributed by atoms with Gasteiger partial charge in [-0.25, -0.2) is 0 Å². The number of ether oxygens (including phenoxy) is 1. The van der Waals surface area contributed by atoms with Crippen LogP contribution in [0.3, 0.4) is 0 Å². The van der Waals surface area contributed by atoms with Crippen LogP contribution >= 0.6 is 0 Å². The maximum absolute atomic E-state index is 12.6.